The van der Waals surface area contributed by atoms with Gasteiger partial charge in [0, 0.05) is 68.7 Å². The lowest BCUT2D eigenvalue weighted by Gasteiger charge is -2.37. The molecule has 2 N–H and O–H groups in total. The predicted molar refractivity (Wildman–Crippen MR) is 212 cm³/mol. The predicted octanol–water partition coefficient (Wildman–Crippen LogP) is 6.22. The largest absolute Gasteiger partial charge is 0.496 e. The molecule has 0 aliphatic carbocycles. The minimum atomic E-state index is -3.02. The SMILES string of the molecule is COc1cc(N2CCN(CCS(C)(=O)=O)CC2)c(C)cc1Nc1nccc(-c2c(-c3ccc(OC)c(C(=O)Nc4c(F)cccc4F)c3)nc3ccccn23)n1. The fraction of sp³-hybridized carbons (Fsp3) is 0.250. The highest BCUT2D eigenvalue weighted by molar-refractivity contribution is 7.90. The van der Waals surface area contributed by atoms with Crippen LogP contribution in [0.3, 0.4) is 0 Å². The van der Waals surface area contributed by atoms with Crippen LogP contribution < -0.4 is 25.0 Å². The Morgan fingerprint density at radius 2 is 1.64 bits per heavy atom. The molecule has 0 atom stereocenters. The number of sulfone groups is 1. The van der Waals surface area contributed by atoms with E-state index in [1.54, 1.807) is 37.6 Å². The van der Waals surface area contributed by atoms with Crippen LogP contribution in [0.5, 0.6) is 11.5 Å². The third kappa shape index (κ3) is 8.11. The Hall–Kier alpha value is -6.13. The number of imidazole rings is 1. The van der Waals surface area contributed by atoms with Gasteiger partial charge in [-0.25, -0.2) is 32.2 Å². The van der Waals surface area contributed by atoms with Gasteiger partial charge in [0.1, 0.15) is 44.3 Å². The fourth-order valence-electron chi connectivity index (χ4n) is 6.74. The molecule has 290 valence electrons. The second kappa shape index (κ2) is 15.9. The van der Waals surface area contributed by atoms with Gasteiger partial charge in [-0.15, -0.1) is 0 Å². The molecule has 3 aromatic carbocycles. The van der Waals surface area contributed by atoms with Gasteiger partial charge in [-0.1, -0.05) is 12.1 Å². The first kappa shape index (κ1) is 38.2. The topological polar surface area (TPSA) is 143 Å². The van der Waals surface area contributed by atoms with Gasteiger partial charge in [-0.3, -0.25) is 14.1 Å². The molecule has 0 radical (unpaired) electrons. The zero-order chi connectivity index (χ0) is 39.6. The fourth-order valence-corrected chi connectivity index (χ4v) is 7.33. The molecule has 1 aliphatic heterocycles. The van der Waals surface area contributed by atoms with E-state index in [1.165, 1.54) is 19.4 Å². The molecule has 1 amide bonds. The Morgan fingerprint density at radius 3 is 2.36 bits per heavy atom. The summed E-state index contributed by atoms with van der Waals surface area (Å²) in [5.41, 5.74) is 4.93. The number of anilines is 4. The highest BCUT2D eigenvalue weighted by Crippen LogP contribution is 2.37. The average Bonchev–Trinajstić information content (AvgIpc) is 3.58. The number of carbonyl (C=O) groups is 1. The molecule has 1 aliphatic rings. The molecule has 0 saturated carbocycles. The Balaban J connectivity index is 1.18. The minimum absolute atomic E-state index is 0.0421. The van der Waals surface area contributed by atoms with Crippen LogP contribution in [0, 0.1) is 18.6 Å². The van der Waals surface area contributed by atoms with Gasteiger partial charge in [0.2, 0.25) is 5.95 Å². The zero-order valence-electron chi connectivity index (χ0n) is 31.2. The van der Waals surface area contributed by atoms with Crippen molar-refractivity contribution in [3.8, 4) is 34.1 Å². The first-order valence-electron chi connectivity index (χ1n) is 17.8. The molecular weight excluding hydrogens is 743 g/mol. The number of amides is 1. The van der Waals surface area contributed by atoms with Crippen molar-refractivity contribution in [2.45, 2.75) is 6.92 Å². The number of fused-ring (bicyclic) bond motifs is 1. The molecule has 0 spiro atoms. The van der Waals surface area contributed by atoms with Crippen LogP contribution in [0.1, 0.15) is 15.9 Å². The third-order valence-corrected chi connectivity index (χ3v) is 10.5. The van der Waals surface area contributed by atoms with E-state index in [9.17, 15) is 22.0 Å². The molecule has 56 heavy (non-hydrogen) atoms. The van der Waals surface area contributed by atoms with Gasteiger partial charge in [-0.05, 0) is 67.1 Å². The summed E-state index contributed by atoms with van der Waals surface area (Å²) in [5, 5.41) is 5.66. The third-order valence-electron chi connectivity index (χ3n) is 9.60. The molecule has 0 unspecified atom stereocenters. The summed E-state index contributed by atoms with van der Waals surface area (Å²) in [6, 6.07) is 19.5. The molecule has 1 fully saturated rings. The van der Waals surface area contributed by atoms with Crippen LogP contribution in [0.4, 0.5) is 31.8 Å². The normalized spacial score (nSPS) is 13.5. The summed E-state index contributed by atoms with van der Waals surface area (Å²) in [5.74, 6) is -1.36. The van der Waals surface area contributed by atoms with Gasteiger partial charge >= 0.3 is 0 Å². The lowest BCUT2D eigenvalue weighted by molar-refractivity contribution is 0.102. The standard InChI is InChI=1S/C40H40F2N8O5S/c1-25-22-31(34(55-3)24-32(25)49-18-16-48(17-19-49)20-21-56(4,52)53)45-40-43-14-13-30(44-40)38-36(46-35-10-5-6-15-50(35)38)26-11-12-33(54-2)27(23-26)39(51)47-37-28(41)8-7-9-29(37)42/h5-15,22-24H,16-21H2,1-4H3,(H,47,51)(H,43,44,45). The van der Waals surface area contributed by atoms with Crippen LogP contribution in [0.15, 0.2) is 85.2 Å². The Kier molecular flexibility index (Phi) is 10.8. The lowest BCUT2D eigenvalue weighted by atomic mass is 10.0. The number of ether oxygens (including phenoxy) is 2. The number of aryl methyl sites for hydroxylation is 1. The van der Waals surface area contributed by atoms with Crippen molar-refractivity contribution < 1.29 is 31.5 Å². The smallest absolute Gasteiger partial charge is 0.259 e. The summed E-state index contributed by atoms with van der Waals surface area (Å²) < 4.78 is 65.4. The van der Waals surface area contributed by atoms with Gasteiger partial charge in [0.15, 0.2) is 0 Å². The van der Waals surface area contributed by atoms with Crippen molar-refractivity contribution in [3.05, 3.63) is 108 Å². The number of piperazine rings is 1. The minimum Gasteiger partial charge on any atom is -0.496 e. The van der Waals surface area contributed by atoms with Crippen molar-refractivity contribution in [1.82, 2.24) is 24.3 Å². The molecule has 6 aromatic rings. The van der Waals surface area contributed by atoms with E-state index in [0.717, 1.165) is 49.6 Å². The maximum Gasteiger partial charge on any atom is 0.259 e. The number of carbonyl (C=O) groups excluding carboxylic acids is 1. The number of nitrogens with zero attached hydrogens (tertiary/aromatic N) is 6. The van der Waals surface area contributed by atoms with E-state index in [2.05, 4.69) is 25.4 Å². The van der Waals surface area contributed by atoms with Crippen LogP contribution >= 0.6 is 0 Å². The van der Waals surface area contributed by atoms with E-state index < -0.39 is 33.1 Å². The first-order valence-corrected chi connectivity index (χ1v) is 19.8. The second-order valence-corrected chi connectivity index (χ2v) is 15.7. The number of pyridine rings is 1. The quantitative estimate of drug-likeness (QED) is 0.146. The summed E-state index contributed by atoms with van der Waals surface area (Å²) in [4.78, 5) is 32.2. The monoisotopic (exact) mass is 782 g/mol. The molecule has 4 heterocycles. The van der Waals surface area contributed by atoms with Crippen molar-refractivity contribution in [1.29, 1.82) is 0 Å². The molecule has 0 bridgehead atoms. The van der Waals surface area contributed by atoms with E-state index in [1.807, 2.05) is 47.9 Å². The zero-order valence-corrected chi connectivity index (χ0v) is 32.0. The number of rotatable bonds is 12. The summed E-state index contributed by atoms with van der Waals surface area (Å²) in [7, 11) is -0.0250. The number of nitrogens with one attached hydrogen (secondary N) is 2. The summed E-state index contributed by atoms with van der Waals surface area (Å²) >= 11 is 0. The molecule has 3 aromatic heterocycles. The Labute approximate surface area is 322 Å². The highest BCUT2D eigenvalue weighted by Gasteiger charge is 2.24. The van der Waals surface area contributed by atoms with Gasteiger partial charge in [0.25, 0.3) is 5.91 Å². The number of hydrogen-bond acceptors (Lipinski definition) is 11. The van der Waals surface area contributed by atoms with Crippen molar-refractivity contribution in [2.75, 3.05) is 74.5 Å². The second-order valence-electron chi connectivity index (χ2n) is 13.4. The van der Waals surface area contributed by atoms with E-state index in [4.69, 9.17) is 19.4 Å². The number of methoxy groups -OCH3 is 2. The first-order chi connectivity index (χ1) is 26.9. The molecule has 16 heteroatoms. The van der Waals surface area contributed by atoms with Crippen LogP contribution in [0.25, 0.3) is 28.3 Å². The van der Waals surface area contributed by atoms with Crippen molar-refractivity contribution in [2.24, 2.45) is 0 Å². The van der Waals surface area contributed by atoms with Gasteiger partial charge in [-0.2, -0.15) is 0 Å². The molecular formula is C40H40F2N8O5S. The van der Waals surface area contributed by atoms with Gasteiger partial charge in [0.05, 0.1) is 48.3 Å². The molecule has 7 rings (SSSR count). The Morgan fingerprint density at radius 1 is 0.893 bits per heavy atom. The van der Waals surface area contributed by atoms with Crippen molar-refractivity contribution >= 4 is 44.4 Å². The van der Waals surface area contributed by atoms with Crippen molar-refractivity contribution in [3.63, 3.8) is 0 Å². The van der Waals surface area contributed by atoms with Crippen LogP contribution in [-0.4, -0.2) is 97.5 Å². The van der Waals surface area contributed by atoms with E-state index >= 15 is 0 Å². The summed E-state index contributed by atoms with van der Waals surface area (Å²) in [6.07, 6.45) is 4.74. The number of para-hydroxylation sites is 1. The number of benzene rings is 3. The number of halogens is 2. The maximum absolute atomic E-state index is 14.5. The van der Waals surface area contributed by atoms with E-state index in [0.29, 0.717) is 52.2 Å². The highest BCUT2D eigenvalue weighted by atomic mass is 32.2. The summed E-state index contributed by atoms with van der Waals surface area (Å²) in [6.45, 7) is 5.54. The van der Waals surface area contributed by atoms with Gasteiger partial charge < -0.3 is 25.0 Å². The lowest BCUT2D eigenvalue weighted by Crippen LogP contribution is -2.47. The number of aromatic nitrogens is 4. The molecule has 13 nitrogen and oxygen atoms in total. The van der Waals surface area contributed by atoms with Crippen LogP contribution in [-0.2, 0) is 9.84 Å². The van der Waals surface area contributed by atoms with Crippen LogP contribution in [0.2, 0.25) is 0 Å². The Bertz CT molecular complexity index is 2520. The maximum atomic E-state index is 14.5. The average molecular weight is 783 g/mol. The van der Waals surface area contributed by atoms with E-state index in [-0.39, 0.29) is 17.1 Å². The molecule has 1 saturated heterocycles. The number of hydrogen-bond donors (Lipinski definition) is 2.